The highest BCUT2D eigenvalue weighted by atomic mass is 16.6. The highest BCUT2D eigenvalue weighted by Gasteiger charge is 2.40. The number of carbonyl (C=O) groups excluding carboxylic acids is 4. The highest BCUT2D eigenvalue weighted by molar-refractivity contribution is 6.45. The van der Waals surface area contributed by atoms with Crippen molar-refractivity contribution in [2.75, 3.05) is 4.90 Å². The molecule has 2 aliphatic rings. The van der Waals surface area contributed by atoms with Crippen molar-refractivity contribution in [1.29, 1.82) is 0 Å². The summed E-state index contributed by atoms with van der Waals surface area (Å²) in [6, 6.07) is 32.3. The second-order valence-electron chi connectivity index (χ2n) is 19.9. The average Bonchev–Trinajstić information content (AvgIpc) is 3.24. The zero-order chi connectivity index (χ0) is 45.3. The number of hydrogen-bond donors (Lipinski definition) is 0. The molecule has 0 saturated heterocycles. The number of nitrogens with zero attached hydrogens (tertiary/aromatic N) is 1. The smallest absolute Gasteiger partial charge is 0.346 e. The van der Waals surface area contributed by atoms with E-state index in [2.05, 4.69) is 69.2 Å². The van der Waals surface area contributed by atoms with E-state index >= 15 is 9.59 Å². The summed E-state index contributed by atoms with van der Waals surface area (Å²) in [6.07, 6.45) is 0. The van der Waals surface area contributed by atoms with E-state index in [-0.39, 0.29) is 33.8 Å². The van der Waals surface area contributed by atoms with E-state index in [1.54, 1.807) is 24.3 Å². The maximum Gasteiger partial charge on any atom is 0.346 e. The molecule has 0 radical (unpaired) electrons. The van der Waals surface area contributed by atoms with Gasteiger partial charge in [-0.25, -0.2) is 14.5 Å². The molecule has 0 bridgehead atoms. The average molecular weight is 848 g/mol. The number of imide groups is 1. The number of anilines is 1. The second-order valence-corrected chi connectivity index (χ2v) is 19.9. The number of amides is 2. The summed E-state index contributed by atoms with van der Waals surface area (Å²) < 4.78 is 19.0. The standard InChI is InChI=1S/C56H49NO7/c1-28(2)34-12-11-13-35(29(3)4)50(34)57-51(58)38-24-22-36-47-43(63-33-20-16-31(17-21-33)56(8,9)10)27-41-45-39(53(60)64-54(41)61)25-23-37(49(45)47)46-42(26-40(52(57)59)44(38)48(36)46)62-32-18-14-30(15-19-32)55(5,6)7/h11-29H,1-10H3. The van der Waals surface area contributed by atoms with Crippen LogP contribution in [0.5, 0.6) is 23.0 Å². The third-order valence-electron chi connectivity index (χ3n) is 13.0. The van der Waals surface area contributed by atoms with E-state index in [4.69, 9.17) is 14.2 Å². The Labute approximate surface area is 372 Å². The van der Waals surface area contributed by atoms with Crippen molar-refractivity contribution in [1.82, 2.24) is 0 Å². The molecular formula is C56H49NO7. The Kier molecular flexibility index (Phi) is 9.11. The molecule has 8 nitrogen and oxygen atoms in total. The molecular weight excluding hydrogens is 799 g/mol. The lowest BCUT2D eigenvalue weighted by molar-refractivity contribution is 0.0390. The Bertz CT molecular complexity index is 3300. The summed E-state index contributed by atoms with van der Waals surface area (Å²) >= 11 is 0. The van der Waals surface area contributed by atoms with Gasteiger partial charge in [0.2, 0.25) is 0 Å². The molecule has 0 atom stereocenters. The van der Waals surface area contributed by atoms with Gasteiger partial charge in [-0.1, -0.05) is 124 Å². The van der Waals surface area contributed by atoms with Gasteiger partial charge in [-0.3, -0.25) is 9.59 Å². The van der Waals surface area contributed by atoms with Crippen LogP contribution < -0.4 is 14.4 Å². The minimum Gasteiger partial charge on any atom is -0.457 e. The monoisotopic (exact) mass is 847 g/mol. The minimum absolute atomic E-state index is 0.0203. The maximum absolute atomic E-state index is 15.4. The van der Waals surface area contributed by atoms with Crippen LogP contribution in [0, 0.1) is 0 Å². The van der Waals surface area contributed by atoms with Gasteiger partial charge in [0, 0.05) is 37.9 Å². The lowest BCUT2D eigenvalue weighted by atomic mass is 9.81. The van der Waals surface area contributed by atoms with Gasteiger partial charge < -0.3 is 14.2 Å². The Balaban J connectivity index is 1.32. The van der Waals surface area contributed by atoms with Crippen molar-refractivity contribution in [2.45, 2.75) is 91.9 Å². The number of rotatable bonds is 7. The van der Waals surface area contributed by atoms with Gasteiger partial charge in [0.05, 0.1) is 22.4 Å². The molecule has 0 spiro atoms. The van der Waals surface area contributed by atoms with Crippen molar-refractivity contribution in [3.63, 3.8) is 0 Å². The SMILES string of the molecule is CC(C)c1cccc(C(C)C)c1N1C(=O)c2ccc3c4c(Oc5ccc(C(C)(C)C)cc5)cc5c6c(ccc(c7c(Oc8ccc(C(C)(C)C)cc8)cc(c2c37)C1=O)c64)C(=O)OC5=O. The van der Waals surface area contributed by atoms with Gasteiger partial charge in [0.25, 0.3) is 11.8 Å². The van der Waals surface area contributed by atoms with E-state index in [1.165, 1.54) is 4.90 Å². The fraction of sp³-hybridized carbons (Fsp3) is 0.250. The Hall–Kier alpha value is -7.06. The molecule has 0 fully saturated rings. The quantitative estimate of drug-likeness (QED) is 0.0518. The number of fused-ring (bicyclic) bond motifs is 2. The Morgan fingerprint density at radius 1 is 0.469 bits per heavy atom. The van der Waals surface area contributed by atoms with E-state index in [9.17, 15) is 9.59 Å². The van der Waals surface area contributed by atoms with Crippen molar-refractivity contribution in [2.24, 2.45) is 0 Å². The van der Waals surface area contributed by atoms with Crippen LogP contribution in [0.3, 0.4) is 0 Å². The van der Waals surface area contributed by atoms with Crippen LogP contribution >= 0.6 is 0 Å². The lowest BCUT2D eigenvalue weighted by Gasteiger charge is -2.33. The van der Waals surface area contributed by atoms with Crippen molar-refractivity contribution >= 4 is 72.5 Å². The predicted molar refractivity (Wildman–Crippen MR) is 254 cm³/mol. The predicted octanol–water partition coefficient (Wildman–Crippen LogP) is 14.3. The molecule has 320 valence electrons. The molecule has 0 aliphatic carbocycles. The van der Waals surface area contributed by atoms with Crippen LogP contribution in [0.25, 0.3) is 43.1 Å². The summed E-state index contributed by atoms with van der Waals surface area (Å²) in [5, 5.41) is 4.72. The van der Waals surface area contributed by atoms with Crippen LogP contribution in [0.4, 0.5) is 5.69 Å². The topological polar surface area (TPSA) is 99.2 Å². The maximum atomic E-state index is 15.4. The van der Waals surface area contributed by atoms with E-state index < -0.39 is 23.8 Å². The second kappa shape index (κ2) is 14.2. The van der Waals surface area contributed by atoms with Crippen molar-refractivity contribution < 1.29 is 33.4 Å². The molecule has 0 N–H and O–H groups in total. The first kappa shape index (κ1) is 41.0. The number of ether oxygens (including phenoxy) is 3. The molecule has 10 rings (SSSR count). The molecule has 2 amide bonds. The molecule has 2 heterocycles. The van der Waals surface area contributed by atoms with Gasteiger partial charge in [-0.15, -0.1) is 0 Å². The third-order valence-corrected chi connectivity index (χ3v) is 13.0. The number of cyclic esters (lactones) is 2. The number of carbonyl (C=O) groups is 4. The zero-order valence-corrected chi connectivity index (χ0v) is 37.8. The number of hydrogen-bond acceptors (Lipinski definition) is 7. The summed E-state index contributed by atoms with van der Waals surface area (Å²) in [4.78, 5) is 59.1. The number of benzene rings is 8. The zero-order valence-electron chi connectivity index (χ0n) is 37.8. The van der Waals surface area contributed by atoms with Crippen LogP contribution in [-0.4, -0.2) is 23.8 Å². The molecule has 8 heteroatoms. The Morgan fingerprint density at radius 2 is 0.891 bits per heavy atom. The Morgan fingerprint density at radius 3 is 1.36 bits per heavy atom. The summed E-state index contributed by atoms with van der Waals surface area (Å²) in [5.74, 6) is -0.540. The van der Waals surface area contributed by atoms with Gasteiger partial charge >= 0.3 is 11.9 Å². The van der Waals surface area contributed by atoms with Crippen molar-refractivity contribution in [3.8, 4) is 23.0 Å². The molecule has 0 unspecified atom stereocenters. The molecule has 8 aromatic carbocycles. The molecule has 0 saturated carbocycles. The minimum atomic E-state index is -0.778. The third kappa shape index (κ3) is 6.17. The van der Waals surface area contributed by atoms with E-state index in [1.807, 2.05) is 78.9 Å². The lowest BCUT2D eigenvalue weighted by Crippen LogP contribution is -2.41. The first-order chi connectivity index (χ1) is 30.3. The molecule has 2 aliphatic heterocycles. The first-order valence-corrected chi connectivity index (χ1v) is 22.0. The fourth-order valence-corrected chi connectivity index (χ4v) is 9.67. The van der Waals surface area contributed by atoms with Crippen LogP contribution in [0.2, 0.25) is 0 Å². The largest absolute Gasteiger partial charge is 0.457 e. The molecule has 64 heavy (non-hydrogen) atoms. The van der Waals surface area contributed by atoms with E-state index in [0.717, 1.165) is 22.3 Å². The van der Waals surface area contributed by atoms with Gasteiger partial charge in [0.1, 0.15) is 23.0 Å². The van der Waals surface area contributed by atoms with Gasteiger partial charge in [0.15, 0.2) is 0 Å². The number of esters is 2. The highest BCUT2D eigenvalue weighted by Crippen LogP contribution is 2.53. The number of para-hydroxylation sites is 1. The summed E-state index contributed by atoms with van der Waals surface area (Å²) in [7, 11) is 0. The molecule has 8 aromatic rings. The summed E-state index contributed by atoms with van der Waals surface area (Å²) in [5.41, 5.74) is 5.59. The van der Waals surface area contributed by atoms with Crippen LogP contribution in [-0.2, 0) is 15.6 Å². The summed E-state index contributed by atoms with van der Waals surface area (Å²) in [6.45, 7) is 21.1. The van der Waals surface area contributed by atoms with E-state index in [0.29, 0.717) is 82.9 Å². The van der Waals surface area contributed by atoms with Gasteiger partial charge in [-0.05, 0) is 104 Å². The normalized spacial score (nSPS) is 14.3. The molecule has 0 aromatic heterocycles. The fourth-order valence-electron chi connectivity index (χ4n) is 9.67. The van der Waals surface area contributed by atoms with Crippen molar-refractivity contribution in [3.05, 3.63) is 148 Å². The van der Waals surface area contributed by atoms with Crippen LogP contribution in [0.15, 0.2) is 103 Å². The first-order valence-electron chi connectivity index (χ1n) is 22.0. The van der Waals surface area contributed by atoms with Gasteiger partial charge in [-0.2, -0.15) is 0 Å². The van der Waals surface area contributed by atoms with Crippen LogP contribution in [0.1, 0.15) is 145 Å².